The second-order valence-corrected chi connectivity index (χ2v) is 11.0. The van der Waals surface area contributed by atoms with E-state index in [0.29, 0.717) is 15.6 Å². The number of hydrogen-bond acceptors (Lipinski definition) is 5. The van der Waals surface area contributed by atoms with Gasteiger partial charge in [-0.3, -0.25) is 9.59 Å². The number of nitrogens with zero attached hydrogens (tertiary/aromatic N) is 4. The Morgan fingerprint density at radius 1 is 1.02 bits per heavy atom. The zero-order chi connectivity index (χ0) is 30.6. The first-order chi connectivity index (χ1) is 19.9. The van der Waals surface area contributed by atoms with Crippen molar-refractivity contribution in [1.29, 1.82) is 0 Å². The minimum absolute atomic E-state index is 0.0754. The Labute approximate surface area is 254 Å². The first-order valence-corrected chi connectivity index (χ1v) is 14.0. The number of amides is 4. The number of rotatable bonds is 8. The van der Waals surface area contributed by atoms with Crippen molar-refractivity contribution in [2.45, 2.75) is 38.6 Å². The fraction of sp³-hybridized carbons (Fsp3) is 0.300. The molecule has 2 atom stereocenters. The highest BCUT2D eigenvalue weighted by Crippen LogP contribution is 2.26. The molecule has 0 radical (unpaired) electrons. The number of phenolic OH excluding ortho intramolecular Hbond substituents is 1. The van der Waals surface area contributed by atoms with E-state index in [-0.39, 0.29) is 49.4 Å². The second kappa shape index (κ2) is 13.4. The summed E-state index contributed by atoms with van der Waals surface area (Å²) in [7, 11) is 3.25. The average Bonchev–Trinajstić information content (AvgIpc) is 2.94. The fourth-order valence-corrected chi connectivity index (χ4v) is 5.31. The number of carbonyl (C=O) groups excluding carboxylic acids is 3. The van der Waals surface area contributed by atoms with E-state index >= 15 is 0 Å². The highest BCUT2D eigenvalue weighted by atomic mass is 35.5. The summed E-state index contributed by atoms with van der Waals surface area (Å²) in [6, 6.07) is 15.8. The van der Waals surface area contributed by atoms with Gasteiger partial charge in [-0.25, -0.2) is 19.2 Å². The fourth-order valence-electron chi connectivity index (χ4n) is 4.99. The van der Waals surface area contributed by atoms with E-state index in [1.54, 1.807) is 63.5 Å². The maximum Gasteiger partial charge on any atom is 0.334 e. The quantitative estimate of drug-likeness (QED) is 0.384. The summed E-state index contributed by atoms with van der Waals surface area (Å²) in [5, 5.41) is 16.2. The van der Waals surface area contributed by atoms with Crippen LogP contribution in [0.4, 0.5) is 9.18 Å². The average molecular weight is 617 g/mol. The van der Waals surface area contributed by atoms with Crippen LogP contribution in [0.1, 0.15) is 23.6 Å². The summed E-state index contributed by atoms with van der Waals surface area (Å²) in [5.74, 6) is -0.971. The van der Waals surface area contributed by atoms with Crippen molar-refractivity contribution in [3.8, 4) is 5.75 Å². The van der Waals surface area contributed by atoms with Crippen molar-refractivity contribution in [3.63, 3.8) is 0 Å². The van der Waals surface area contributed by atoms with Gasteiger partial charge in [-0.15, -0.1) is 0 Å². The molecule has 4 amide bonds. The van der Waals surface area contributed by atoms with Gasteiger partial charge in [0.1, 0.15) is 23.8 Å². The highest BCUT2D eigenvalue weighted by Gasteiger charge is 2.44. The number of urea groups is 1. The van der Waals surface area contributed by atoms with Gasteiger partial charge in [0.25, 0.3) is 0 Å². The molecule has 222 valence electrons. The molecule has 1 aliphatic heterocycles. The predicted molar refractivity (Wildman–Crippen MR) is 158 cm³/mol. The summed E-state index contributed by atoms with van der Waals surface area (Å²) in [6.45, 7) is 1.90. The zero-order valence-electron chi connectivity index (χ0n) is 23.4. The van der Waals surface area contributed by atoms with Crippen LogP contribution in [0.3, 0.4) is 0 Å². The van der Waals surface area contributed by atoms with Crippen molar-refractivity contribution in [2.75, 3.05) is 20.6 Å². The largest absolute Gasteiger partial charge is 0.508 e. The van der Waals surface area contributed by atoms with Crippen LogP contribution in [-0.2, 0) is 29.1 Å². The molecular weight excluding hydrogens is 584 g/mol. The van der Waals surface area contributed by atoms with Gasteiger partial charge < -0.3 is 20.2 Å². The summed E-state index contributed by atoms with van der Waals surface area (Å²) >= 11 is 12.2. The summed E-state index contributed by atoms with van der Waals surface area (Å²) < 4.78 is 13.3. The van der Waals surface area contributed by atoms with Crippen molar-refractivity contribution < 1.29 is 23.9 Å². The van der Waals surface area contributed by atoms with Gasteiger partial charge in [0.15, 0.2) is 0 Å². The topological polar surface area (TPSA) is 96.4 Å². The smallest absolute Gasteiger partial charge is 0.334 e. The van der Waals surface area contributed by atoms with Gasteiger partial charge in [0.05, 0.1) is 16.6 Å². The number of phenols is 1. The van der Waals surface area contributed by atoms with E-state index in [0.717, 1.165) is 11.1 Å². The van der Waals surface area contributed by atoms with Gasteiger partial charge in [-0.2, -0.15) is 0 Å². The lowest BCUT2D eigenvalue weighted by Crippen LogP contribution is -2.69. The van der Waals surface area contributed by atoms with Gasteiger partial charge in [0.2, 0.25) is 11.8 Å². The van der Waals surface area contributed by atoms with E-state index in [4.69, 9.17) is 23.2 Å². The third-order valence-electron chi connectivity index (χ3n) is 7.11. The molecule has 1 aliphatic rings. The Balaban J connectivity index is 1.59. The molecule has 2 N–H and O–H groups in total. The summed E-state index contributed by atoms with van der Waals surface area (Å²) in [5.41, 5.74) is 2.18. The van der Waals surface area contributed by atoms with Crippen LogP contribution in [0.25, 0.3) is 0 Å². The molecule has 12 heteroatoms. The number of likely N-dealkylation sites (N-methyl/N-ethyl adjacent to an activating group) is 2. The third kappa shape index (κ3) is 7.31. The molecular formula is C30H32Cl2FN5O4. The monoisotopic (exact) mass is 615 g/mol. The Hall–Kier alpha value is -3.86. The van der Waals surface area contributed by atoms with Crippen LogP contribution in [-0.4, -0.2) is 75.6 Å². The lowest BCUT2D eigenvalue weighted by molar-refractivity contribution is -0.171. The number of benzene rings is 3. The lowest BCUT2D eigenvalue weighted by atomic mass is 10.0. The Morgan fingerprint density at radius 2 is 1.64 bits per heavy atom. The highest BCUT2D eigenvalue weighted by molar-refractivity contribution is 6.42. The number of carbonyl (C=O) groups is 3. The van der Waals surface area contributed by atoms with E-state index in [9.17, 15) is 23.9 Å². The van der Waals surface area contributed by atoms with Crippen LogP contribution in [0, 0.1) is 5.82 Å². The molecule has 9 nitrogen and oxygen atoms in total. The van der Waals surface area contributed by atoms with Gasteiger partial charge in [-0.05, 0) is 60.0 Å². The molecule has 0 aromatic heterocycles. The van der Waals surface area contributed by atoms with Crippen LogP contribution >= 0.6 is 23.2 Å². The zero-order valence-corrected chi connectivity index (χ0v) is 24.9. The molecule has 42 heavy (non-hydrogen) atoms. The number of nitrogens with one attached hydrogen (secondary N) is 1. The Kier molecular flexibility index (Phi) is 9.93. The van der Waals surface area contributed by atoms with Crippen molar-refractivity contribution in [3.05, 3.63) is 99.3 Å². The van der Waals surface area contributed by atoms with Crippen molar-refractivity contribution in [1.82, 2.24) is 25.1 Å². The predicted octanol–water partition coefficient (Wildman–Crippen LogP) is 4.65. The molecule has 1 saturated heterocycles. The minimum atomic E-state index is -0.967. The summed E-state index contributed by atoms with van der Waals surface area (Å²) in [6.07, 6.45) is -0.677. The minimum Gasteiger partial charge on any atom is -0.508 e. The molecule has 0 bridgehead atoms. The van der Waals surface area contributed by atoms with Crippen LogP contribution in [0.2, 0.25) is 10.0 Å². The Bertz CT molecular complexity index is 1440. The molecule has 0 aliphatic carbocycles. The number of hydrogen-bond donors (Lipinski definition) is 2. The van der Waals surface area contributed by atoms with Gasteiger partial charge >= 0.3 is 6.03 Å². The van der Waals surface area contributed by atoms with Crippen LogP contribution in [0.5, 0.6) is 5.75 Å². The Morgan fingerprint density at radius 3 is 2.29 bits per heavy atom. The molecule has 4 rings (SSSR count). The van der Waals surface area contributed by atoms with Crippen molar-refractivity contribution >= 4 is 41.0 Å². The molecule has 0 saturated carbocycles. The maximum atomic E-state index is 14.0. The number of halogens is 3. The maximum absolute atomic E-state index is 14.0. The lowest BCUT2D eigenvalue weighted by Gasteiger charge is -2.49. The molecule has 3 aromatic rings. The van der Waals surface area contributed by atoms with Gasteiger partial charge in [-0.1, -0.05) is 53.5 Å². The van der Waals surface area contributed by atoms with Crippen molar-refractivity contribution in [2.24, 2.45) is 0 Å². The van der Waals surface area contributed by atoms with E-state index < -0.39 is 18.2 Å². The normalized spacial score (nSPS) is 16.3. The molecule has 3 aromatic carbocycles. The third-order valence-corrected chi connectivity index (χ3v) is 7.85. The SMILES string of the molecule is C[C@H]1N([C@@H](Cc2ccc(O)cc2)C(=O)N(C)Cc2ccc(Cl)c(Cl)c2)C(=O)CN(C)N1C(=O)NCc1ccc(F)cc1. The van der Waals surface area contributed by atoms with Crippen LogP contribution < -0.4 is 5.32 Å². The first kappa shape index (κ1) is 31.1. The van der Waals surface area contributed by atoms with Gasteiger partial charge in [0, 0.05) is 33.6 Å². The molecule has 0 unspecified atom stereocenters. The summed E-state index contributed by atoms with van der Waals surface area (Å²) in [4.78, 5) is 43.8. The van der Waals surface area contributed by atoms with E-state index in [1.165, 1.54) is 44.1 Å². The second-order valence-electron chi connectivity index (χ2n) is 10.2. The molecule has 1 fully saturated rings. The number of aromatic hydroxyl groups is 1. The van der Waals surface area contributed by atoms with E-state index in [2.05, 4.69) is 5.32 Å². The standard InChI is InChI=1S/C30H32Cl2FN5O4/c1-19-37(28(40)18-36(3)38(19)30(42)34-16-21-4-9-23(33)10-5-21)27(15-20-6-11-24(39)12-7-20)29(41)35(2)17-22-8-13-25(31)26(32)14-22/h4-14,19,27,39H,15-18H2,1-3H3,(H,34,42)/t19-,27-/m0/s1. The number of hydrazine groups is 1. The first-order valence-electron chi connectivity index (χ1n) is 13.2. The molecule has 0 spiro atoms. The molecule has 1 heterocycles. The van der Waals surface area contributed by atoms with E-state index in [1.807, 2.05) is 0 Å². The van der Waals surface area contributed by atoms with Crippen LogP contribution in [0.15, 0.2) is 66.7 Å².